The van der Waals surface area contributed by atoms with Gasteiger partial charge in [-0.25, -0.2) is 0 Å². The molecule has 0 aromatic heterocycles. The molecule has 3 rings (SSSR count). The van der Waals surface area contributed by atoms with Crippen LogP contribution in [0.3, 0.4) is 0 Å². The summed E-state index contributed by atoms with van der Waals surface area (Å²) >= 11 is 0. The Morgan fingerprint density at radius 2 is 1.70 bits per heavy atom. The van der Waals surface area contributed by atoms with Gasteiger partial charge in [-0.15, -0.1) is 0 Å². The van der Waals surface area contributed by atoms with Crippen molar-refractivity contribution in [3.8, 4) is 0 Å². The Balaban J connectivity index is 1.80. The van der Waals surface area contributed by atoms with Crippen LogP contribution in [0, 0.1) is 0 Å². The molecule has 1 aliphatic rings. The molecule has 0 heterocycles. The van der Waals surface area contributed by atoms with Crippen molar-refractivity contribution in [3.05, 3.63) is 89.0 Å². The Hall–Kier alpha value is -2.08. The zero-order chi connectivity index (χ0) is 13.8. The quantitative estimate of drug-likeness (QED) is 0.711. The molecule has 0 spiro atoms. The Labute approximate surface area is 121 Å². The average molecular weight is 260 g/mol. The zero-order valence-electron chi connectivity index (χ0n) is 12.0. The SMILES string of the molecule is C/C=C1/Cc2ccccc2/C1=C/CCc1ccccc1. The van der Waals surface area contributed by atoms with Crippen LogP contribution in [0.4, 0.5) is 0 Å². The predicted octanol–water partition coefficient (Wildman–Crippen LogP) is 5.21. The van der Waals surface area contributed by atoms with Crippen molar-refractivity contribution < 1.29 is 0 Å². The van der Waals surface area contributed by atoms with E-state index in [9.17, 15) is 0 Å². The Kier molecular flexibility index (Phi) is 3.83. The van der Waals surface area contributed by atoms with Gasteiger partial charge in [0.25, 0.3) is 0 Å². The lowest BCUT2D eigenvalue weighted by molar-refractivity contribution is 1.00. The summed E-state index contributed by atoms with van der Waals surface area (Å²) in [6.07, 6.45) is 7.97. The van der Waals surface area contributed by atoms with Gasteiger partial charge in [0.05, 0.1) is 0 Å². The van der Waals surface area contributed by atoms with Gasteiger partial charge in [-0.05, 0) is 54.0 Å². The topological polar surface area (TPSA) is 0 Å². The van der Waals surface area contributed by atoms with E-state index in [0.29, 0.717) is 0 Å². The molecule has 0 aliphatic heterocycles. The molecule has 0 atom stereocenters. The summed E-state index contributed by atoms with van der Waals surface area (Å²) in [5.74, 6) is 0. The molecular formula is C20H20. The minimum Gasteiger partial charge on any atom is -0.0835 e. The number of fused-ring (bicyclic) bond motifs is 1. The second kappa shape index (κ2) is 5.92. The molecule has 0 unspecified atom stereocenters. The summed E-state index contributed by atoms with van der Waals surface area (Å²) in [5, 5.41) is 0. The molecule has 0 bridgehead atoms. The molecule has 0 nitrogen and oxygen atoms in total. The normalized spacial score (nSPS) is 17.6. The number of aryl methyl sites for hydroxylation is 1. The van der Waals surface area contributed by atoms with Gasteiger partial charge in [-0.3, -0.25) is 0 Å². The van der Waals surface area contributed by atoms with E-state index in [-0.39, 0.29) is 0 Å². The van der Waals surface area contributed by atoms with E-state index in [2.05, 4.69) is 73.7 Å². The highest BCUT2D eigenvalue weighted by Gasteiger charge is 2.19. The molecule has 0 fully saturated rings. The summed E-state index contributed by atoms with van der Waals surface area (Å²) in [6.45, 7) is 2.15. The largest absolute Gasteiger partial charge is 0.0835 e. The minimum absolute atomic E-state index is 1.09. The lowest BCUT2D eigenvalue weighted by Crippen LogP contribution is -1.85. The molecule has 0 saturated carbocycles. The van der Waals surface area contributed by atoms with Crippen LogP contribution in [-0.2, 0) is 12.8 Å². The van der Waals surface area contributed by atoms with E-state index in [1.165, 1.54) is 27.8 Å². The van der Waals surface area contributed by atoms with Gasteiger partial charge in [0, 0.05) is 0 Å². The second-order valence-electron chi connectivity index (χ2n) is 5.29. The first-order chi connectivity index (χ1) is 9.88. The summed E-state index contributed by atoms with van der Waals surface area (Å²) in [7, 11) is 0. The number of benzene rings is 2. The maximum atomic E-state index is 2.41. The van der Waals surface area contributed by atoms with Crippen LogP contribution in [0.25, 0.3) is 5.57 Å². The van der Waals surface area contributed by atoms with Crippen LogP contribution >= 0.6 is 0 Å². The van der Waals surface area contributed by atoms with Crippen LogP contribution < -0.4 is 0 Å². The molecule has 0 saturated heterocycles. The van der Waals surface area contributed by atoms with Crippen molar-refractivity contribution in [3.63, 3.8) is 0 Å². The van der Waals surface area contributed by atoms with Crippen molar-refractivity contribution >= 4 is 5.57 Å². The molecule has 20 heavy (non-hydrogen) atoms. The van der Waals surface area contributed by atoms with Gasteiger partial charge in [0.1, 0.15) is 0 Å². The van der Waals surface area contributed by atoms with Gasteiger partial charge < -0.3 is 0 Å². The maximum Gasteiger partial charge on any atom is -0.00168 e. The van der Waals surface area contributed by atoms with Crippen LogP contribution in [0.5, 0.6) is 0 Å². The summed E-state index contributed by atoms with van der Waals surface area (Å²) < 4.78 is 0. The van der Waals surface area contributed by atoms with Gasteiger partial charge in [0.2, 0.25) is 0 Å². The summed E-state index contributed by atoms with van der Waals surface area (Å²) in [4.78, 5) is 0. The monoisotopic (exact) mass is 260 g/mol. The minimum atomic E-state index is 1.09. The summed E-state index contributed by atoms with van der Waals surface area (Å²) in [5.41, 5.74) is 7.22. The van der Waals surface area contributed by atoms with Crippen LogP contribution in [0.2, 0.25) is 0 Å². The third kappa shape index (κ3) is 2.60. The number of hydrogen-bond donors (Lipinski definition) is 0. The molecular weight excluding hydrogens is 240 g/mol. The molecule has 1 aliphatic carbocycles. The highest BCUT2D eigenvalue weighted by molar-refractivity contribution is 5.85. The fourth-order valence-electron chi connectivity index (χ4n) is 2.94. The van der Waals surface area contributed by atoms with Gasteiger partial charge in [-0.1, -0.05) is 66.7 Å². The molecule has 2 aromatic carbocycles. The Morgan fingerprint density at radius 1 is 0.950 bits per heavy atom. The average Bonchev–Trinajstić information content (AvgIpc) is 2.87. The molecule has 2 aromatic rings. The first kappa shape index (κ1) is 12.9. The molecule has 0 radical (unpaired) electrons. The van der Waals surface area contributed by atoms with E-state index in [4.69, 9.17) is 0 Å². The lowest BCUT2D eigenvalue weighted by Gasteiger charge is -2.03. The highest BCUT2D eigenvalue weighted by Crippen LogP contribution is 2.36. The van der Waals surface area contributed by atoms with E-state index in [0.717, 1.165) is 19.3 Å². The van der Waals surface area contributed by atoms with Crippen LogP contribution in [0.15, 0.2) is 72.3 Å². The van der Waals surface area contributed by atoms with Crippen molar-refractivity contribution in [2.24, 2.45) is 0 Å². The molecule has 0 amide bonds. The molecule has 0 N–H and O–H groups in total. The highest BCUT2D eigenvalue weighted by atomic mass is 14.2. The smallest absolute Gasteiger partial charge is 0.00168 e. The zero-order valence-corrected chi connectivity index (χ0v) is 12.0. The van der Waals surface area contributed by atoms with Crippen LogP contribution in [0.1, 0.15) is 30.0 Å². The van der Waals surface area contributed by atoms with Crippen molar-refractivity contribution in [1.29, 1.82) is 0 Å². The standard InChI is InChI=1S/C20H20/c1-2-17-15-18-12-6-7-13-20(18)19(17)14-8-11-16-9-4-3-5-10-16/h2-7,9-10,12-14H,8,11,15H2,1H3/b17-2-,19-14+. The van der Waals surface area contributed by atoms with Crippen molar-refractivity contribution in [2.75, 3.05) is 0 Å². The van der Waals surface area contributed by atoms with Gasteiger partial charge in [0.15, 0.2) is 0 Å². The first-order valence-corrected chi connectivity index (χ1v) is 7.36. The predicted molar refractivity (Wildman–Crippen MR) is 86.6 cm³/mol. The number of rotatable bonds is 3. The fraction of sp³-hybridized carbons (Fsp3) is 0.200. The van der Waals surface area contributed by atoms with E-state index < -0.39 is 0 Å². The fourth-order valence-corrected chi connectivity index (χ4v) is 2.94. The van der Waals surface area contributed by atoms with Gasteiger partial charge >= 0.3 is 0 Å². The lowest BCUT2D eigenvalue weighted by atomic mass is 10.0. The number of allylic oxidation sites excluding steroid dienone is 4. The molecule has 100 valence electrons. The number of hydrogen-bond acceptors (Lipinski definition) is 0. The van der Waals surface area contributed by atoms with Crippen molar-refractivity contribution in [1.82, 2.24) is 0 Å². The molecule has 0 heteroatoms. The first-order valence-electron chi connectivity index (χ1n) is 7.36. The third-order valence-electron chi connectivity index (χ3n) is 4.01. The summed E-state index contributed by atoms with van der Waals surface area (Å²) in [6, 6.07) is 19.5. The third-order valence-corrected chi connectivity index (χ3v) is 4.01. The Morgan fingerprint density at radius 3 is 2.50 bits per heavy atom. The second-order valence-corrected chi connectivity index (χ2v) is 5.29. The van der Waals surface area contributed by atoms with E-state index in [1.807, 2.05) is 0 Å². The van der Waals surface area contributed by atoms with Crippen molar-refractivity contribution in [2.45, 2.75) is 26.2 Å². The van der Waals surface area contributed by atoms with Crippen LogP contribution in [-0.4, -0.2) is 0 Å². The van der Waals surface area contributed by atoms with Gasteiger partial charge in [-0.2, -0.15) is 0 Å². The van der Waals surface area contributed by atoms with E-state index in [1.54, 1.807) is 0 Å². The van der Waals surface area contributed by atoms with E-state index >= 15 is 0 Å². The Bertz CT molecular complexity index is 645. The maximum absolute atomic E-state index is 2.41.